The summed E-state index contributed by atoms with van der Waals surface area (Å²) in [5.41, 5.74) is 7.51. The lowest BCUT2D eigenvalue weighted by Crippen LogP contribution is -2.30. The van der Waals surface area contributed by atoms with Crippen molar-refractivity contribution in [3.05, 3.63) is 58.7 Å². The zero-order valence-corrected chi connectivity index (χ0v) is 15.2. The first-order valence-electron chi connectivity index (χ1n) is 8.25. The van der Waals surface area contributed by atoms with Gasteiger partial charge in [0.05, 0.1) is 12.6 Å². The minimum absolute atomic E-state index is 0.0910. The molecular weight excluding hydrogens is 382 g/mol. The highest BCUT2D eigenvalue weighted by Crippen LogP contribution is 2.34. The van der Waals surface area contributed by atoms with Crippen LogP contribution in [0.5, 0.6) is 0 Å². The van der Waals surface area contributed by atoms with Gasteiger partial charge in [-0.3, -0.25) is 14.1 Å². The van der Waals surface area contributed by atoms with E-state index in [0.29, 0.717) is 17.0 Å². The molecule has 0 saturated carbocycles. The monoisotopic (exact) mass is 399 g/mol. The molecule has 0 spiro atoms. The van der Waals surface area contributed by atoms with E-state index >= 15 is 0 Å². The lowest BCUT2D eigenvalue weighted by Gasteiger charge is -2.22. The van der Waals surface area contributed by atoms with Crippen LogP contribution in [0.3, 0.4) is 0 Å². The number of aromatic nitrogens is 3. The first-order chi connectivity index (χ1) is 12.1. The summed E-state index contributed by atoms with van der Waals surface area (Å²) in [6.07, 6.45) is 5.55. The minimum Gasteiger partial charge on any atom is -0.382 e. The Morgan fingerprint density at radius 1 is 1.32 bits per heavy atom. The number of rotatable bonds is 4. The molecule has 0 unspecified atom stereocenters. The molecule has 6 nitrogen and oxygen atoms in total. The fourth-order valence-electron chi connectivity index (χ4n) is 3.49. The molecule has 0 aliphatic carbocycles. The van der Waals surface area contributed by atoms with E-state index in [1.165, 1.54) is 0 Å². The molecule has 1 aliphatic rings. The van der Waals surface area contributed by atoms with Gasteiger partial charge in [0.2, 0.25) is 0 Å². The summed E-state index contributed by atoms with van der Waals surface area (Å²) in [4.78, 5) is 23.6. The van der Waals surface area contributed by atoms with Crippen molar-refractivity contribution >= 4 is 33.0 Å². The third-order valence-electron chi connectivity index (χ3n) is 4.67. The Balaban J connectivity index is 1.64. The zero-order chi connectivity index (χ0) is 17.4. The Morgan fingerprint density at radius 2 is 2.12 bits per heavy atom. The van der Waals surface area contributed by atoms with E-state index in [4.69, 9.17) is 5.73 Å². The number of ketones is 1. The Labute approximate surface area is 153 Å². The molecule has 1 atom stereocenters. The number of hydrogen-bond donors (Lipinski definition) is 1. The van der Waals surface area contributed by atoms with Crippen LogP contribution >= 0.6 is 15.9 Å². The van der Waals surface area contributed by atoms with Crippen LogP contribution < -0.4 is 5.73 Å². The summed E-state index contributed by atoms with van der Waals surface area (Å²) in [6.45, 7) is 1.28. The van der Waals surface area contributed by atoms with Crippen LogP contribution in [0.2, 0.25) is 0 Å². The summed E-state index contributed by atoms with van der Waals surface area (Å²) in [7, 11) is 0. The number of nitrogens with two attached hydrogens (primary N) is 1. The number of carbonyl (C=O) groups excluding carboxylic acids is 1. The lowest BCUT2D eigenvalue weighted by atomic mass is 10.1. The first-order valence-corrected chi connectivity index (χ1v) is 9.04. The highest BCUT2D eigenvalue weighted by atomic mass is 79.9. The molecule has 128 valence electrons. The highest BCUT2D eigenvalue weighted by Gasteiger charge is 2.31. The molecule has 1 saturated heterocycles. The number of anilines is 1. The summed E-state index contributed by atoms with van der Waals surface area (Å²) in [6, 6.07) is 9.52. The molecule has 2 aromatic heterocycles. The second-order valence-corrected chi connectivity index (χ2v) is 6.96. The maximum atomic E-state index is 12.6. The summed E-state index contributed by atoms with van der Waals surface area (Å²) in [5.74, 6) is 1.47. The molecule has 0 bridgehead atoms. The quantitative estimate of drug-likeness (QED) is 0.682. The predicted octanol–water partition coefficient (Wildman–Crippen LogP) is 3.09. The number of likely N-dealkylation sites (tertiary alicyclic amines) is 1. The van der Waals surface area contributed by atoms with Gasteiger partial charge in [-0.05, 0) is 35.3 Å². The van der Waals surface area contributed by atoms with Crippen molar-refractivity contribution in [3.63, 3.8) is 0 Å². The van der Waals surface area contributed by atoms with Crippen LogP contribution in [0.25, 0.3) is 5.52 Å². The van der Waals surface area contributed by atoms with Crippen LogP contribution in [-0.2, 0) is 0 Å². The molecule has 3 aromatic rings. The van der Waals surface area contributed by atoms with Gasteiger partial charge >= 0.3 is 0 Å². The molecule has 7 heteroatoms. The van der Waals surface area contributed by atoms with E-state index in [0.717, 1.165) is 36.3 Å². The topological polar surface area (TPSA) is 76.5 Å². The van der Waals surface area contributed by atoms with Gasteiger partial charge in [-0.25, -0.2) is 9.97 Å². The van der Waals surface area contributed by atoms with Crippen LogP contribution in [0.4, 0.5) is 5.82 Å². The predicted molar refractivity (Wildman–Crippen MR) is 99.4 cm³/mol. The maximum absolute atomic E-state index is 12.6. The maximum Gasteiger partial charge on any atom is 0.176 e. The van der Waals surface area contributed by atoms with Gasteiger partial charge in [-0.15, -0.1) is 0 Å². The molecule has 0 amide bonds. The van der Waals surface area contributed by atoms with Gasteiger partial charge in [0.25, 0.3) is 0 Å². The number of Topliss-reactive ketones (excluding diaryl/α,β-unsaturated/α-hetero) is 1. The summed E-state index contributed by atoms with van der Waals surface area (Å²) < 4.78 is 2.66. The number of halogens is 1. The SMILES string of the molecule is Nc1nccn2c([C@@H]3CCCN3CC(=O)c3ccccc3)nc(Br)c12. The second kappa shape index (κ2) is 6.57. The molecule has 3 heterocycles. The van der Waals surface area contributed by atoms with E-state index < -0.39 is 0 Å². The smallest absolute Gasteiger partial charge is 0.176 e. The number of fused-ring (bicyclic) bond motifs is 1. The molecule has 25 heavy (non-hydrogen) atoms. The molecular formula is C18H18BrN5O. The van der Waals surface area contributed by atoms with Gasteiger partial charge in [0.15, 0.2) is 11.6 Å². The van der Waals surface area contributed by atoms with Crippen LogP contribution in [0.15, 0.2) is 47.3 Å². The van der Waals surface area contributed by atoms with E-state index in [-0.39, 0.29) is 11.8 Å². The molecule has 2 N–H and O–H groups in total. The van der Waals surface area contributed by atoms with Crippen molar-refractivity contribution in [1.82, 2.24) is 19.3 Å². The standard InChI is InChI=1S/C18H18BrN5O/c19-16-15-17(20)21-8-10-24(15)18(22-16)13-7-4-9-23(13)11-14(25)12-5-2-1-3-6-12/h1-3,5-6,8,10,13H,4,7,9,11H2,(H2,20,21)/t13-/m0/s1. The number of carbonyl (C=O) groups is 1. The molecule has 4 rings (SSSR count). The Bertz CT molecular complexity index is 924. The fraction of sp³-hybridized carbons (Fsp3) is 0.278. The number of benzene rings is 1. The van der Waals surface area contributed by atoms with E-state index in [9.17, 15) is 4.79 Å². The molecule has 1 aliphatic heterocycles. The number of nitrogen functional groups attached to an aromatic ring is 1. The van der Waals surface area contributed by atoms with Gasteiger partial charge in [0, 0.05) is 18.0 Å². The van der Waals surface area contributed by atoms with Gasteiger partial charge in [-0.1, -0.05) is 30.3 Å². The van der Waals surface area contributed by atoms with Crippen molar-refractivity contribution in [3.8, 4) is 0 Å². The van der Waals surface area contributed by atoms with Crippen molar-refractivity contribution in [2.24, 2.45) is 0 Å². The molecule has 0 radical (unpaired) electrons. The van der Waals surface area contributed by atoms with Gasteiger partial charge < -0.3 is 5.73 Å². The van der Waals surface area contributed by atoms with Crippen molar-refractivity contribution in [2.45, 2.75) is 18.9 Å². The minimum atomic E-state index is 0.0910. The van der Waals surface area contributed by atoms with Crippen LogP contribution in [-0.4, -0.2) is 38.1 Å². The lowest BCUT2D eigenvalue weighted by molar-refractivity contribution is 0.0919. The van der Waals surface area contributed by atoms with Crippen molar-refractivity contribution in [2.75, 3.05) is 18.8 Å². The third kappa shape index (κ3) is 2.94. The Hall–Kier alpha value is -2.25. The highest BCUT2D eigenvalue weighted by molar-refractivity contribution is 9.10. The molecule has 1 fully saturated rings. The number of imidazole rings is 1. The Kier molecular flexibility index (Phi) is 4.27. The fourth-order valence-corrected chi connectivity index (χ4v) is 4.06. The van der Waals surface area contributed by atoms with Gasteiger partial charge in [-0.2, -0.15) is 0 Å². The largest absolute Gasteiger partial charge is 0.382 e. The summed E-state index contributed by atoms with van der Waals surface area (Å²) in [5, 5.41) is 0. The number of nitrogens with zero attached hydrogens (tertiary/aromatic N) is 4. The first kappa shape index (κ1) is 16.2. The second-order valence-electron chi connectivity index (χ2n) is 6.21. The van der Waals surface area contributed by atoms with E-state index in [1.54, 1.807) is 6.20 Å². The normalized spacial score (nSPS) is 18.0. The van der Waals surface area contributed by atoms with Gasteiger partial charge in [0.1, 0.15) is 15.9 Å². The van der Waals surface area contributed by atoms with E-state index in [1.807, 2.05) is 40.9 Å². The Morgan fingerprint density at radius 3 is 2.92 bits per heavy atom. The number of hydrogen-bond acceptors (Lipinski definition) is 5. The summed E-state index contributed by atoms with van der Waals surface area (Å²) >= 11 is 3.49. The van der Waals surface area contributed by atoms with Crippen LogP contribution in [0.1, 0.15) is 35.1 Å². The third-order valence-corrected chi connectivity index (χ3v) is 5.22. The average Bonchev–Trinajstić information content (AvgIpc) is 3.20. The zero-order valence-electron chi connectivity index (χ0n) is 13.6. The average molecular weight is 400 g/mol. The van der Waals surface area contributed by atoms with E-state index in [2.05, 4.69) is 30.8 Å². The van der Waals surface area contributed by atoms with Crippen LogP contribution in [0, 0.1) is 0 Å². The van der Waals surface area contributed by atoms with Crippen molar-refractivity contribution in [1.29, 1.82) is 0 Å². The molecule has 1 aromatic carbocycles. The van der Waals surface area contributed by atoms with Crippen molar-refractivity contribution < 1.29 is 4.79 Å².